The lowest BCUT2D eigenvalue weighted by Crippen LogP contribution is -2.38. The lowest BCUT2D eigenvalue weighted by atomic mass is 10.1. The molecule has 1 amide bonds. The van der Waals surface area contributed by atoms with E-state index in [1.807, 2.05) is 13.0 Å². The Morgan fingerprint density at radius 2 is 1.70 bits per heavy atom. The predicted molar refractivity (Wildman–Crippen MR) is 128 cm³/mol. The van der Waals surface area contributed by atoms with Gasteiger partial charge in [0.25, 0.3) is 10.0 Å². The van der Waals surface area contributed by atoms with Gasteiger partial charge in [0.1, 0.15) is 6.54 Å². The van der Waals surface area contributed by atoms with Crippen molar-refractivity contribution in [3.05, 3.63) is 88.4 Å². The smallest absolute Gasteiger partial charge is 0.339 e. The van der Waals surface area contributed by atoms with E-state index in [-0.39, 0.29) is 21.2 Å². The summed E-state index contributed by atoms with van der Waals surface area (Å²) in [6, 6.07) is 17.5. The number of nitrogens with one attached hydrogen (secondary N) is 1. The quantitative estimate of drug-likeness (QED) is 0.493. The molecule has 0 atom stereocenters. The van der Waals surface area contributed by atoms with Gasteiger partial charge in [0, 0.05) is 5.69 Å². The van der Waals surface area contributed by atoms with E-state index in [1.54, 1.807) is 37.3 Å². The Morgan fingerprint density at radius 1 is 1.00 bits per heavy atom. The summed E-state index contributed by atoms with van der Waals surface area (Å²) in [7, 11) is -2.81. The highest BCUT2D eigenvalue weighted by Gasteiger charge is 2.28. The van der Waals surface area contributed by atoms with Crippen LogP contribution < -0.4 is 9.62 Å². The molecule has 33 heavy (non-hydrogen) atoms. The molecule has 0 radical (unpaired) electrons. The Bertz CT molecular complexity index is 1290. The number of methoxy groups -OCH3 is 1. The van der Waals surface area contributed by atoms with Crippen molar-refractivity contribution in [2.24, 2.45) is 0 Å². The first-order valence-corrected chi connectivity index (χ1v) is 11.8. The summed E-state index contributed by atoms with van der Waals surface area (Å²) >= 11 is 6.03. The summed E-state index contributed by atoms with van der Waals surface area (Å²) in [6.07, 6.45) is 0. The van der Waals surface area contributed by atoms with Crippen LogP contribution in [0.2, 0.25) is 5.02 Å². The molecule has 0 heterocycles. The zero-order valence-corrected chi connectivity index (χ0v) is 19.9. The van der Waals surface area contributed by atoms with Crippen LogP contribution in [0.15, 0.2) is 71.6 Å². The van der Waals surface area contributed by atoms with Crippen molar-refractivity contribution >= 4 is 44.9 Å². The number of esters is 1. The molecule has 0 aliphatic rings. The van der Waals surface area contributed by atoms with Crippen molar-refractivity contribution < 1.29 is 22.7 Å². The van der Waals surface area contributed by atoms with E-state index in [4.69, 9.17) is 16.3 Å². The maximum absolute atomic E-state index is 13.5. The summed E-state index contributed by atoms with van der Waals surface area (Å²) in [4.78, 5) is 24.9. The van der Waals surface area contributed by atoms with Crippen molar-refractivity contribution in [3.63, 3.8) is 0 Å². The molecule has 0 bridgehead atoms. The number of nitrogens with zero attached hydrogens (tertiary/aromatic N) is 1. The molecule has 172 valence electrons. The van der Waals surface area contributed by atoms with Crippen LogP contribution in [-0.2, 0) is 19.6 Å². The van der Waals surface area contributed by atoms with Gasteiger partial charge in [0.2, 0.25) is 5.91 Å². The highest BCUT2D eigenvalue weighted by Crippen LogP contribution is 2.29. The van der Waals surface area contributed by atoms with Crippen molar-refractivity contribution in [2.75, 3.05) is 23.3 Å². The Balaban J connectivity index is 1.97. The topological polar surface area (TPSA) is 92.8 Å². The number of halogens is 1. The van der Waals surface area contributed by atoms with Crippen LogP contribution >= 0.6 is 11.6 Å². The monoisotopic (exact) mass is 486 g/mol. The summed E-state index contributed by atoms with van der Waals surface area (Å²) in [5, 5.41) is 2.80. The number of amides is 1. The number of anilines is 2. The largest absolute Gasteiger partial charge is 0.465 e. The average molecular weight is 487 g/mol. The summed E-state index contributed by atoms with van der Waals surface area (Å²) in [6.45, 7) is 3.20. The first-order chi connectivity index (χ1) is 15.6. The van der Waals surface area contributed by atoms with Gasteiger partial charge >= 0.3 is 5.97 Å². The number of rotatable bonds is 7. The van der Waals surface area contributed by atoms with E-state index in [9.17, 15) is 18.0 Å². The van der Waals surface area contributed by atoms with Gasteiger partial charge in [0.15, 0.2) is 0 Å². The summed E-state index contributed by atoms with van der Waals surface area (Å²) < 4.78 is 32.7. The second-order valence-corrected chi connectivity index (χ2v) is 9.55. The molecular weight excluding hydrogens is 464 g/mol. The zero-order chi connectivity index (χ0) is 24.2. The lowest BCUT2D eigenvalue weighted by Gasteiger charge is -2.26. The molecule has 0 aromatic heterocycles. The van der Waals surface area contributed by atoms with Crippen molar-refractivity contribution in [1.29, 1.82) is 0 Å². The third-order valence-corrected chi connectivity index (χ3v) is 7.22. The average Bonchev–Trinajstić information content (AvgIpc) is 2.80. The number of carbonyl (C=O) groups excluding carboxylic acids is 2. The second kappa shape index (κ2) is 10.1. The fraction of sp³-hybridized carbons (Fsp3) is 0.167. The minimum atomic E-state index is -4.04. The number of carbonyl (C=O) groups is 2. The first-order valence-electron chi connectivity index (χ1n) is 9.97. The normalized spacial score (nSPS) is 11.0. The van der Waals surface area contributed by atoms with E-state index >= 15 is 0 Å². The molecule has 7 nitrogen and oxygen atoms in total. The standard InChI is InChI=1S/C24H23ClN2O5S/c1-16-8-7-11-22(17(16)2)27(33(30,31)19-9-5-4-6-10-19)15-23(28)26-18-12-13-21(25)20(14-18)24(29)32-3/h4-14H,15H2,1-3H3,(H,26,28). The van der Waals surface area contributed by atoms with Crippen LogP contribution in [0.4, 0.5) is 11.4 Å². The molecule has 0 spiro atoms. The molecule has 0 aliphatic heterocycles. The van der Waals surface area contributed by atoms with Crippen LogP contribution in [-0.4, -0.2) is 33.9 Å². The molecule has 3 aromatic carbocycles. The third-order valence-electron chi connectivity index (χ3n) is 5.12. The number of benzene rings is 3. The highest BCUT2D eigenvalue weighted by molar-refractivity contribution is 7.92. The van der Waals surface area contributed by atoms with Gasteiger partial charge in [-0.05, 0) is 61.4 Å². The van der Waals surface area contributed by atoms with Crippen LogP contribution in [0.1, 0.15) is 21.5 Å². The zero-order valence-electron chi connectivity index (χ0n) is 18.3. The molecule has 0 saturated heterocycles. The van der Waals surface area contributed by atoms with E-state index in [2.05, 4.69) is 5.32 Å². The Labute approximate surface area is 198 Å². The molecular formula is C24H23ClN2O5S. The van der Waals surface area contributed by atoms with Crippen LogP contribution in [0.5, 0.6) is 0 Å². The van der Waals surface area contributed by atoms with Gasteiger partial charge in [-0.1, -0.05) is 41.9 Å². The minimum Gasteiger partial charge on any atom is -0.465 e. The molecule has 1 N–H and O–H groups in total. The van der Waals surface area contributed by atoms with E-state index < -0.39 is 28.4 Å². The Morgan fingerprint density at radius 3 is 2.36 bits per heavy atom. The van der Waals surface area contributed by atoms with Gasteiger partial charge in [-0.25, -0.2) is 13.2 Å². The fourth-order valence-corrected chi connectivity index (χ4v) is 4.92. The van der Waals surface area contributed by atoms with Crippen molar-refractivity contribution in [2.45, 2.75) is 18.7 Å². The van der Waals surface area contributed by atoms with Gasteiger partial charge < -0.3 is 10.1 Å². The molecule has 9 heteroatoms. The number of sulfonamides is 1. The number of aryl methyl sites for hydroxylation is 1. The maximum Gasteiger partial charge on any atom is 0.339 e. The van der Waals surface area contributed by atoms with Gasteiger partial charge in [0.05, 0.1) is 28.3 Å². The van der Waals surface area contributed by atoms with Gasteiger partial charge in [-0.2, -0.15) is 0 Å². The SMILES string of the molecule is COC(=O)c1cc(NC(=O)CN(c2cccc(C)c2C)S(=O)(=O)c2ccccc2)ccc1Cl. The van der Waals surface area contributed by atoms with Crippen molar-refractivity contribution in [1.82, 2.24) is 0 Å². The maximum atomic E-state index is 13.5. The third kappa shape index (κ3) is 5.35. The summed E-state index contributed by atoms with van der Waals surface area (Å²) in [5.41, 5.74) is 2.40. The molecule has 3 rings (SSSR count). The number of ether oxygens (including phenoxy) is 1. The molecule has 0 aliphatic carbocycles. The minimum absolute atomic E-state index is 0.0678. The number of hydrogen-bond acceptors (Lipinski definition) is 5. The van der Waals surface area contributed by atoms with Gasteiger partial charge in [-0.3, -0.25) is 9.10 Å². The van der Waals surface area contributed by atoms with E-state index in [0.29, 0.717) is 5.69 Å². The van der Waals surface area contributed by atoms with Crippen LogP contribution in [0.3, 0.4) is 0 Å². The highest BCUT2D eigenvalue weighted by atomic mass is 35.5. The number of hydrogen-bond donors (Lipinski definition) is 1. The Kier molecular flexibility index (Phi) is 7.40. The molecule has 0 unspecified atom stereocenters. The van der Waals surface area contributed by atoms with E-state index in [0.717, 1.165) is 15.4 Å². The second-order valence-electron chi connectivity index (χ2n) is 7.28. The van der Waals surface area contributed by atoms with E-state index in [1.165, 1.54) is 37.4 Å². The molecule has 0 fully saturated rings. The van der Waals surface area contributed by atoms with Crippen LogP contribution in [0, 0.1) is 13.8 Å². The van der Waals surface area contributed by atoms with Crippen molar-refractivity contribution in [3.8, 4) is 0 Å². The fourth-order valence-electron chi connectivity index (χ4n) is 3.23. The predicted octanol–water partition coefficient (Wildman–Crippen LogP) is 4.58. The Hall–Kier alpha value is -3.36. The molecule has 3 aromatic rings. The lowest BCUT2D eigenvalue weighted by molar-refractivity contribution is -0.114. The molecule has 0 saturated carbocycles. The first kappa shape index (κ1) is 24.3. The van der Waals surface area contributed by atoms with Crippen LogP contribution in [0.25, 0.3) is 0 Å². The van der Waals surface area contributed by atoms with Gasteiger partial charge in [-0.15, -0.1) is 0 Å². The summed E-state index contributed by atoms with van der Waals surface area (Å²) in [5.74, 6) is -1.24.